The number of imidazole rings is 1. The zero-order valence-electron chi connectivity index (χ0n) is 26.4. The molecule has 0 aliphatic rings. The van der Waals surface area contributed by atoms with Gasteiger partial charge in [-0.25, -0.2) is 4.98 Å². The lowest BCUT2D eigenvalue weighted by Gasteiger charge is -2.38. The number of benzene rings is 5. The van der Waals surface area contributed by atoms with E-state index in [0.29, 0.717) is 18.4 Å². The molecule has 0 fully saturated rings. The Labute approximate surface area is 274 Å². The number of rotatable bonds is 11. The Morgan fingerprint density at radius 3 is 1.85 bits per heavy atom. The van der Waals surface area contributed by atoms with Crippen molar-refractivity contribution < 1.29 is 9.47 Å². The normalized spacial score (nSPS) is 11.4. The van der Waals surface area contributed by atoms with Gasteiger partial charge in [0, 0.05) is 18.2 Å². The number of anilines is 1. The van der Waals surface area contributed by atoms with Gasteiger partial charge in [-0.1, -0.05) is 109 Å². The van der Waals surface area contributed by atoms with Crippen molar-refractivity contribution >= 4 is 16.9 Å². The predicted molar refractivity (Wildman–Crippen MR) is 187 cm³/mol. The molecular weight excluding hydrogens is 582 g/mol. The number of ether oxygens (including phenoxy) is 2. The summed E-state index contributed by atoms with van der Waals surface area (Å²) in [6.07, 6.45) is 2.79. The molecule has 0 aliphatic carbocycles. The molecule has 0 atom stereocenters. The summed E-state index contributed by atoms with van der Waals surface area (Å²) in [6.45, 7) is 0.704. The van der Waals surface area contributed by atoms with E-state index in [0.717, 1.165) is 51.2 Å². The maximum absolute atomic E-state index is 5.49. The van der Waals surface area contributed by atoms with Gasteiger partial charge < -0.3 is 19.4 Å². The average Bonchev–Trinajstić information content (AvgIpc) is 3.57. The van der Waals surface area contributed by atoms with Gasteiger partial charge in [-0.2, -0.15) is 9.97 Å². The molecule has 2 aromatic heterocycles. The Kier molecular flexibility index (Phi) is 8.35. The Bertz CT molecular complexity index is 1980. The number of nitrogens with zero attached hydrogens (tertiary/aromatic N) is 4. The summed E-state index contributed by atoms with van der Waals surface area (Å²) in [5, 5.41) is 3.44. The number of fused-ring (bicyclic) bond motifs is 1. The first-order valence-corrected chi connectivity index (χ1v) is 15.6. The first kappa shape index (κ1) is 29.7. The van der Waals surface area contributed by atoms with Crippen molar-refractivity contribution in [2.75, 3.05) is 26.1 Å². The molecule has 232 valence electrons. The zero-order chi connectivity index (χ0) is 32.1. The fraction of sp³-hybridized carbons (Fsp3) is 0.125. The summed E-state index contributed by atoms with van der Waals surface area (Å²) in [5.74, 6) is 1.54. The molecule has 0 radical (unpaired) electrons. The SMILES string of the molecule is COc1ccc(CCNc2cc(-c3ccc4c(c3)ncn4C(c3ccccc3)(c3ccccc3)c3ccccc3)nc(OC)n2)cc1. The smallest absolute Gasteiger partial charge is 0.318 e. The molecule has 0 spiro atoms. The van der Waals surface area contributed by atoms with Crippen LogP contribution in [0.3, 0.4) is 0 Å². The Morgan fingerprint density at radius 2 is 1.28 bits per heavy atom. The van der Waals surface area contributed by atoms with Crippen LogP contribution in [0.1, 0.15) is 22.3 Å². The number of aromatic nitrogens is 4. The minimum atomic E-state index is -0.654. The monoisotopic (exact) mass is 617 g/mol. The topological polar surface area (TPSA) is 74.1 Å². The molecule has 7 nitrogen and oxygen atoms in total. The van der Waals surface area contributed by atoms with Crippen LogP contribution in [0.15, 0.2) is 146 Å². The molecule has 47 heavy (non-hydrogen) atoms. The molecule has 7 aromatic rings. The number of hydrogen-bond acceptors (Lipinski definition) is 6. The van der Waals surface area contributed by atoms with E-state index in [4.69, 9.17) is 19.4 Å². The molecular formula is C40H35N5O2. The third-order valence-corrected chi connectivity index (χ3v) is 8.55. The van der Waals surface area contributed by atoms with Crippen LogP contribution in [-0.4, -0.2) is 40.3 Å². The maximum Gasteiger partial charge on any atom is 0.318 e. The molecule has 0 saturated carbocycles. The summed E-state index contributed by atoms with van der Waals surface area (Å²) >= 11 is 0. The minimum Gasteiger partial charge on any atom is -0.497 e. The summed E-state index contributed by atoms with van der Waals surface area (Å²) in [4.78, 5) is 14.2. The Balaban J connectivity index is 1.27. The van der Waals surface area contributed by atoms with Crippen LogP contribution in [0.2, 0.25) is 0 Å². The van der Waals surface area contributed by atoms with E-state index >= 15 is 0 Å². The van der Waals surface area contributed by atoms with Crippen molar-refractivity contribution in [3.05, 3.63) is 168 Å². The van der Waals surface area contributed by atoms with Gasteiger partial charge in [0.05, 0.1) is 37.3 Å². The second kappa shape index (κ2) is 13.2. The van der Waals surface area contributed by atoms with Crippen LogP contribution in [-0.2, 0) is 12.0 Å². The zero-order valence-corrected chi connectivity index (χ0v) is 26.4. The fourth-order valence-corrected chi connectivity index (χ4v) is 6.28. The number of methoxy groups -OCH3 is 2. The largest absolute Gasteiger partial charge is 0.497 e. The summed E-state index contributed by atoms with van der Waals surface area (Å²) < 4.78 is 13.1. The van der Waals surface area contributed by atoms with Gasteiger partial charge in [0.15, 0.2) is 0 Å². The maximum atomic E-state index is 5.49. The lowest BCUT2D eigenvalue weighted by molar-refractivity contribution is 0.381. The highest BCUT2D eigenvalue weighted by Crippen LogP contribution is 2.42. The van der Waals surface area contributed by atoms with Gasteiger partial charge >= 0.3 is 6.01 Å². The Hall–Kier alpha value is -5.95. The third kappa shape index (κ3) is 5.79. The van der Waals surface area contributed by atoms with E-state index in [-0.39, 0.29) is 0 Å². The van der Waals surface area contributed by atoms with Crippen molar-refractivity contribution in [1.82, 2.24) is 19.5 Å². The molecule has 0 amide bonds. The quantitative estimate of drug-likeness (QED) is 0.148. The highest BCUT2D eigenvalue weighted by atomic mass is 16.5. The highest BCUT2D eigenvalue weighted by Gasteiger charge is 2.39. The first-order chi connectivity index (χ1) is 23.2. The third-order valence-electron chi connectivity index (χ3n) is 8.55. The molecule has 5 aromatic carbocycles. The van der Waals surface area contributed by atoms with Gasteiger partial charge in [-0.05, 0) is 52.9 Å². The van der Waals surface area contributed by atoms with Crippen molar-refractivity contribution in [1.29, 1.82) is 0 Å². The van der Waals surface area contributed by atoms with Crippen LogP contribution < -0.4 is 14.8 Å². The van der Waals surface area contributed by atoms with E-state index in [1.165, 1.54) is 5.56 Å². The predicted octanol–water partition coefficient (Wildman–Crippen LogP) is 8.01. The van der Waals surface area contributed by atoms with Gasteiger partial charge in [0.25, 0.3) is 0 Å². The van der Waals surface area contributed by atoms with Crippen LogP contribution in [0, 0.1) is 0 Å². The molecule has 0 aliphatic heterocycles. The molecule has 2 heterocycles. The standard InChI is InChI=1S/C40H35N5O2/c1-46-34-21-18-29(19-22-34)24-25-41-38-27-35(43-39(44-38)47-2)30-20-23-37-36(26-30)42-28-45(37)40(31-12-6-3-7-13-31,32-14-8-4-9-15-32)33-16-10-5-11-17-33/h3-23,26-28H,24-25H2,1-2H3,(H,41,43,44). The van der Waals surface area contributed by atoms with Crippen molar-refractivity contribution in [2.24, 2.45) is 0 Å². The van der Waals surface area contributed by atoms with Crippen LogP contribution in [0.25, 0.3) is 22.3 Å². The molecule has 0 bridgehead atoms. The van der Waals surface area contributed by atoms with Crippen LogP contribution in [0.5, 0.6) is 11.8 Å². The summed E-state index contributed by atoms with van der Waals surface area (Å²) in [7, 11) is 3.26. The van der Waals surface area contributed by atoms with E-state index in [1.54, 1.807) is 14.2 Å². The van der Waals surface area contributed by atoms with Crippen molar-refractivity contribution in [2.45, 2.75) is 12.0 Å². The van der Waals surface area contributed by atoms with Crippen LogP contribution in [0.4, 0.5) is 5.82 Å². The van der Waals surface area contributed by atoms with Gasteiger partial charge in [-0.3, -0.25) is 0 Å². The molecule has 0 saturated heterocycles. The number of hydrogen-bond donors (Lipinski definition) is 1. The van der Waals surface area contributed by atoms with Gasteiger partial charge in [0.2, 0.25) is 0 Å². The molecule has 7 heteroatoms. The van der Waals surface area contributed by atoms with E-state index in [1.807, 2.05) is 24.5 Å². The van der Waals surface area contributed by atoms with E-state index in [2.05, 4.69) is 136 Å². The van der Waals surface area contributed by atoms with Crippen molar-refractivity contribution in [3.63, 3.8) is 0 Å². The fourth-order valence-electron chi connectivity index (χ4n) is 6.28. The molecule has 1 N–H and O–H groups in total. The lowest BCUT2D eigenvalue weighted by atomic mass is 9.76. The second-order valence-electron chi connectivity index (χ2n) is 11.3. The lowest BCUT2D eigenvalue weighted by Crippen LogP contribution is -2.37. The first-order valence-electron chi connectivity index (χ1n) is 15.6. The Morgan fingerprint density at radius 1 is 0.660 bits per heavy atom. The minimum absolute atomic E-state index is 0.302. The average molecular weight is 618 g/mol. The second-order valence-corrected chi connectivity index (χ2v) is 11.3. The summed E-state index contributed by atoms with van der Waals surface area (Å²) in [6, 6.07) is 48.5. The molecule has 7 rings (SSSR count). The van der Waals surface area contributed by atoms with E-state index < -0.39 is 5.54 Å². The molecule has 0 unspecified atom stereocenters. The summed E-state index contributed by atoms with van der Waals surface area (Å²) in [5.41, 5.74) is 7.53. The van der Waals surface area contributed by atoms with E-state index in [9.17, 15) is 0 Å². The van der Waals surface area contributed by atoms with Crippen LogP contribution >= 0.6 is 0 Å². The number of nitrogens with one attached hydrogen (secondary N) is 1. The van der Waals surface area contributed by atoms with Gasteiger partial charge in [0.1, 0.15) is 17.1 Å². The highest BCUT2D eigenvalue weighted by molar-refractivity contribution is 5.83. The van der Waals surface area contributed by atoms with Crippen molar-refractivity contribution in [3.8, 4) is 23.0 Å². The van der Waals surface area contributed by atoms with Gasteiger partial charge in [-0.15, -0.1) is 0 Å².